The monoisotopic (exact) mass is 402 g/mol. The van der Waals surface area contributed by atoms with Crippen molar-refractivity contribution in [3.8, 4) is 5.75 Å². The van der Waals surface area contributed by atoms with Crippen molar-refractivity contribution in [3.63, 3.8) is 0 Å². The Morgan fingerprint density at radius 2 is 1.79 bits per heavy atom. The van der Waals surface area contributed by atoms with E-state index in [2.05, 4.69) is 10.0 Å². The third-order valence-corrected chi connectivity index (χ3v) is 6.27. The highest BCUT2D eigenvalue weighted by molar-refractivity contribution is 7.89. The third-order valence-electron chi connectivity index (χ3n) is 4.73. The molecular formula is C21H26N2O4S. The van der Waals surface area contributed by atoms with E-state index in [-0.39, 0.29) is 23.5 Å². The van der Waals surface area contributed by atoms with Crippen molar-refractivity contribution < 1.29 is 17.9 Å². The van der Waals surface area contributed by atoms with Crippen molar-refractivity contribution >= 4 is 21.6 Å². The Morgan fingerprint density at radius 3 is 2.46 bits per heavy atom. The van der Waals surface area contributed by atoms with E-state index in [0.717, 1.165) is 31.2 Å². The maximum Gasteiger partial charge on any atom is 0.262 e. The summed E-state index contributed by atoms with van der Waals surface area (Å²) in [6.45, 7) is 1.80. The highest BCUT2D eigenvalue weighted by Crippen LogP contribution is 2.21. The molecule has 0 bridgehead atoms. The summed E-state index contributed by atoms with van der Waals surface area (Å²) in [5.74, 6) is 0.164. The van der Waals surface area contributed by atoms with Gasteiger partial charge in [-0.25, -0.2) is 13.1 Å². The molecule has 6 nitrogen and oxygen atoms in total. The average molecular weight is 403 g/mol. The van der Waals surface area contributed by atoms with Gasteiger partial charge in [0.25, 0.3) is 5.91 Å². The highest BCUT2D eigenvalue weighted by Gasteiger charge is 2.21. The van der Waals surface area contributed by atoms with Crippen molar-refractivity contribution in [2.75, 3.05) is 11.9 Å². The molecule has 3 rings (SSSR count). The number of hydrogen-bond acceptors (Lipinski definition) is 4. The second-order valence-electron chi connectivity index (χ2n) is 7.13. The standard InChI is InChI=1S/C21H26N2O4S/c1-16-6-5-9-18(14-16)22-21(24)15-27-19-10-12-20(13-11-19)28(25,26)23-17-7-3-2-4-8-17/h5-6,9-14,17,23H,2-4,7-8,15H2,1H3,(H,22,24). The molecule has 1 amide bonds. The normalized spacial score (nSPS) is 15.2. The molecule has 0 radical (unpaired) electrons. The molecule has 2 aromatic rings. The minimum atomic E-state index is -3.54. The second kappa shape index (κ2) is 9.21. The lowest BCUT2D eigenvalue weighted by Crippen LogP contribution is -2.36. The van der Waals surface area contributed by atoms with E-state index in [1.807, 2.05) is 31.2 Å². The predicted octanol–water partition coefficient (Wildman–Crippen LogP) is 3.62. The Bertz CT molecular complexity index is 904. The lowest BCUT2D eigenvalue weighted by Gasteiger charge is -2.22. The zero-order valence-corrected chi connectivity index (χ0v) is 16.8. The Kier molecular flexibility index (Phi) is 6.70. The topological polar surface area (TPSA) is 84.5 Å². The molecule has 1 saturated carbocycles. The van der Waals surface area contributed by atoms with E-state index in [1.54, 1.807) is 12.1 Å². The average Bonchev–Trinajstić information content (AvgIpc) is 2.67. The molecule has 0 heterocycles. The summed E-state index contributed by atoms with van der Waals surface area (Å²) < 4.78 is 33.2. The molecule has 0 atom stereocenters. The molecule has 2 N–H and O–H groups in total. The number of nitrogens with one attached hydrogen (secondary N) is 2. The van der Waals surface area contributed by atoms with Crippen molar-refractivity contribution in [1.29, 1.82) is 0 Å². The molecule has 1 aliphatic carbocycles. The number of ether oxygens (including phenoxy) is 1. The van der Waals surface area contributed by atoms with Gasteiger partial charge in [-0.15, -0.1) is 0 Å². The summed E-state index contributed by atoms with van der Waals surface area (Å²) in [5, 5.41) is 2.76. The molecule has 0 aliphatic heterocycles. The number of aryl methyl sites for hydroxylation is 1. The van der Waals surface area contributed by atoms with Crippen LogP contribution in [0.1, 0.15) is 37.7 Å². The van der Waals surface area contributed by atoms with Crippen LogP contribution in [-0.4, -0.2) is 27.0 Å². The fourth-order valence-corrected chi connectivity index (χ4v) is 4.60. The van der Waals surface area contributed by atoms with Gasteiger partial charge in [0, 0.05) is 11.7 Å². The van der Waals surface area contributed by atoms with E-state index >= 15 is 0 Å². The maximum absolute atomic E-state index is 12.5. The fraction of sp³-hybridized carbons (Fsp3) is 0.381. The van der Waals surface area contributed by atoms with E-state index < -0.39 is 10.0 Å². The van der Waals surface area contributed by atoms with Crippen LogP contribution in [0.2, 0.25) is 0 Å². The van der Waals surface area contributed by atoms with Crippen LogP contribution in [0.15, 0.2) is 53.4 Å². The number of carbonyl (C=O) groups is 1. The van der Waals surface area contributed by atoms with Gasteiger partial charge in [-0.1, -0.05) is 31.4 Å². The fourth-order valence-electron chi connectivity index (χ4n) is 3.29. The number of carbonyl (C=O) groups excluding carboxylic acids is 1. The van der Waals surface area contributed by atoms with E-state index in [1.165, 1.54) is 18.6 Å². The Labute approximate surface area is 166 Å². The van der Waals surface area contributed by atoms with Crippen LogP contribution in [0, 0.1) is 6.92 Å². The Hall–Kier alpha value is -2.38. The van der Waals surface area contributed by atoms with Crippen LogP contribution in [0.5, 0.6) is 5.75 Å². The number of anilines is 1. The first kappa shape index (κ1) is 20.4. The van der Waals surface area contributed by atoms with Crippen LogP contribution in [-0.2, 0) is 14.8 Å². The van der Waals surface area contributed by atoms with Gasteiger partial charge >= 0.3 is 0 Å². The molecule has 1 aliphatic rings. The van der Waals surface area contributed by atoms with Crippen LogP contribution in [0.3, 0.4) is 0 Å². The first-order valence-corrected chi connectivity index (χ1v) is 11.0. The number of rotatable bonds is 7. The third kappa shape index (κ3) is 5.81. The summed E-state index contributed by atoms with van der Waals surface area (Å²) >= 11 is 0. The lowest BCUT2D eigenvalue weighted by molar-refractivity contribution is -0.118. The summed E-state index contributed by atoms with van der Waals surface area (Å²) in [5.41, 5.74) is 1.76. The second-order valence-corrected chi connectivity index (χ2v) is 8.85. The summed E-state index contributed by atoms with van der Waals surface area (Å²) in [4.78, 5) is 12.2. The zero-order chi connectivity index (χ0) is 20.0. The van der Waals surface area contributed by atoms with Crippen LogP contribution in [0.4, 0.5) is 5.69 Å². The molecule has 28 heavy (non-hydrogen) atoms. The van der Waals surface area contributed by atoms with Gasteiger partial charge in [0.05, 0.1) is 4.90 Å². The van der Waals surface area contributed by atoms with Gasteiger partial charge in [0.1, 0.15) is 5.75 Å². The summed E-state index contributed by atoms with van der Waals surface area (Å²) in [6, 6.07) is 13.6. The quantitative estimate of drug-likeness (QED) is 0.741. The van der Waals surface area contributed by atoms with Gasteiger partial charge in [0.2, 0.25) is 10.0 Å². The molecular weight excluding hydrogens is 376 g/mol. The molecule has 7 heteroatoms. The van der Waals surface area contributed by atoms with Crippen molar-refractivity contribution in [2.45, 2.75) is 50.0 Å². The lowest BCUT2D eigenvalue weighted by atomic mass is 9.96. The van der Waals surface area contributed by atoms with Crippen LogP contribution < -0.4 is 14.8 Å². The molecule has 150 valence electrons. The number of benzene rings is 2. The largest absolute Gasteiger partial charge is 0.484 e. The first-order chi connectivity index (χ1) is 13.4. The number of hydrogen-bond donors (Lipinski definition) is 2. The van der Waals surface area contributed by atoms with Crippen LogP contribution in [0.25, 0.3) is 0 Å². The van der Waals surface area contributed by atoms with Crippen molar-refractivity contribution in [2.24, 2.45) is 0 Å². The first-order valence-electron chi connectivity index (χ1n) is 9.54. The summed E-state index contributed by atoms with van der Waals surface area (Å²) in [7, 11) is -3.54. The van der Waals surface area contributed by atoms with Crippen molar-refractivity contribution in [1.82, 2.24) is 4.72 Å². The van der Waals surface area contributed by atoms with E-state index in [0.29, 0.717) is 11.4 Å². The molecule has 0 aromatic heterocycles. The number of amides is 1. The Morgan fingerprint density at radius 1 is 1.07 bits per heavy atom. The molecule has 0 spiro atoms. The van der Waals surface area contributed by atoms with Gasteiger partial charge in [0.15, 0.2) is 6.61 Å². The van der Waals surface area contributed by atoms with E-state index in [4.69, 9.17) is 4.74 Å². The predicted molar refractivity (Wildman–Crippen MR) is 109 cm³/mol. The molecule has 1 fully saturated rings. The zero-order valence-electron chi connectivity index (χ0n) is 16.0. The minimum absolute atomic E-state index is 0.0139. The summed E-state index contributed by atoms with van der Waals surface area (Å²) in [6.07, 6.45) is 5.06. The molecule has 2 aromatic carbocycles. The minimum Gasteiger partial charge on any atom is -0.484 e. The SMILES string of the molecule is Cc1cccc(NC(=O)COc2ccc(S(=O)(=O)NC3CCCCC3)cc2)c1. The van der Waals surface area contributed by atoms with Gasteiger partial charge in [-0.05, 0) is 61.7 Å². The van der Waals surface area contributed by atoms with Crippen molar-refractivity contribution in [3.05, 3.63) is 54.1 Å². The van der Waals surface area contributed by atoms with Gasteiger partial charge < -0.3 is 10.1 Å². The van der Waals surface area contributed by atoms with Gasteiger partial charge in [-0.2, -0.15) is 0 Å². The highest BCUT2D eigenvalue weighted by atomic mass is 32.2. The van der Waals surface area contributed by atoms with Crippen LogP contribution >= 0.6 is 0 Å². The van der Waals surface area contributed by atoms with Gasteiger partial charge in [-0.3, -0.25) is 4.79 Å². The van der Waals surface area contributed by atoms with E-state index in [9.17, 15) is 13.2 Å². The smallest absolute Gasteiger partial charge is 0.262 e. The maximum atomic E-state index is 12.5. The number of sulfonamides is 1. The molecule has 0 saturated heterocycles. The molecule has 0 unspecified atom stereocenters. The Balaban J connectivity index is 1.53.